The SMILES string of the molecule is COc1cccc(OC)c1C1OC(C)(C)CN1Cc1ccc(OC(F)(F)F)cc1. The van der Waals surface area contributed by atoms with Gasteiger partial charge in [-0.05, 0) is 43.7 Å². The smallest absolute Gasteiger partial charge is 0.496 e. The fourth-order valence-electron chi connectivity index (χ4n) is 3.52. The molecule has 1 atom stereocenters. The van der Waals surface area contributed by atoms with Crippen molar-refractivity contribution >= 4 is 0 Å². The van der Waals surface area contributed by atoms with Gasteiger partial charge in [0.1, 0.15) is 23.5 Å². The summed E-state index contributed by atoms with van der Waals surface area (Å²) in [7, 11) is 3.17. The van der Waals surface area contributed by atoms with E-state index in [0.717, 1.165) is 11.1 Å². The minimum Gasteiger partial charge on any atom is -0.496 e. The van der Waals surface area contributed by atoms with Crippen molar-refractivity contribution in [3.63, 3.8) is 0 Å². The molecule has 1 saturated heterocycles. The first-order chi connectivity index (χ1) is 13.6. The van der Waals surface area contributed by atoms with Gasteiger partial charge in [0.2, 0.25) is 0 Å². The summed E-state index contributed by atoms with van der Waals surface area (Å²) in [6.07, 6.45) is -5.14. The average molecular weight is 411 g/mol. The summed E-state index contributed by atoms with van der Waals surface area (Å²) in [5.41, 5.74) is 1.19. The molecule has 1 heterocycles. The minimum absolute atomic E-state index is 0.248. The zero-order valence-corrected chi connectivity index (χ0v) is 16.7. The van der Waals surface area contributed by atoms with Gasteiger partial charge in [-0.25, -0.2) is 0 Å². The monoisotopic (exact) mass is 411 g/mol. The van der Waals surface area contributed by atoms with Gasteiger partial charge >= 0.3 is 6.36 Å². The Hall–Kier alpha value is -2.45. The van der Waals surface area contributed by atoms with Crippen LogP contribution in [0.3, 0.4) is 0 Å². The van der Waals surface area contributed by atoms with Crippen LogP contribution >= 0.6 is 0 Å². The van der Waals surface area contributed by atoms with Crippen LogP contribution in [0, 0.1) is 0 Å². The first kappa shape index (κ1) is 21.3. The molecular weight excluding hydrogens is 387 g/mol. The van der Waals surface area contributed by atoms with E-state index >= 15 is 0 Å². The average Bonchev–Trinajstić information content (AvgIpc) is 2.95. The first-order valence-electron chi connectivity index (χ1n) is 9.09. The van der Waals surface area contributed by atoms with Crippen molar-refractivity contribution in [2.75, 3.05) is 20.8 Å². The van der Waals surface area contributed by atoms with E-state index in [4.69, 9.17) is 14.2 Å². The fourth-order valence-corrected chi connectivity index (χ4v) is 3.52. The lowest BCUT2D eigenvalue weighted by molar-refractivity contribution is -0.274. The van der Waals surface area contributed by atoms with Gasteiger partial charge in [0.25, 0.3) is 0 Å². The van der Waals surface area contributed by atoms with Crippen LogP contribution in [0.5, 0.6) is 17.2 Å². The molecule has 0 bridgehead atoms. The number of nitrogens with zero attached hydrogens (tertiary/aromatic N) is 1. The number of rotatable bonds is 6. The summed E-state index contributed by atoms with van der Waals surface area (Å²) in [5, 5.41) is 0. The van der Waals surface area contributed by atoms with Gasteiger partial charge in [-0.2, -0.15) is 0 Å². The Morgan fingerprint density at radius 3 is 2.14 bits per heavy atom. The van der Waals surface area contributed by atoms with Crippen LogP contribution in [0.15, 0.2) is 42.5 Å². The van der Waals surface area contributed by atoms with Crippen molar-refractivity contribution in [2.24, 2.45) is 0 Å². The van der Waals surface area contributed by atoms with Gasteiger partial charge in [0, 0.05) is 13.1 Å². The molecule has 1 fully saturated rings. The summed E-state index contributed by atoms with van der Waals surface area (Å²) in [6, 6.07) is 11.4. The maximum atomic E-state index is 12.4. The van der Waals surface area contributed by atoms with Crippen LogP contribution in [0.25, 0.3) is 0 Å². The Morgan fingerprint density at radius 2 is 1.62 bits per heavy atom. The van der Waals surface area contributed by atoms with Crippen LogP contribution in [0.1, 0.15) is 31.2 Å². The molecule has 0 radical (unpaired) electrons. The Labute approximate surface area is 167 Å². The number of hydrogen-bond donors (Lipinski definition) is 0. The number of benzene rings is 2. The third kappa shape index (κ3) is 5.13. The lowest BCUT2D eigenvalue weighted by atomic mass is 10.1. The molecule has 0 saturated carbocycles. The Morgan fingerprint density at radius 1 is 1.03 bits per heavy atom. The number of alkyl halides is 3. The number of halogens is 3. The standard InChI is InChI=1S/C21H24F3NO4/c1-20(2)13-25(12-14-8-10-15(11-9-14)28-21(22,23)24)19(29-20)18-16(26-3)6-5-7-17(18)27-4/h5-11,19H,12-13H2,1-4H3. The van der Waals surface area contributed by atoms with Gasteiger partial charge in [-0.3, -0.25) is 4.90 Å². The third-order valence-corrected chi connectivity index (χ3v) is 4.60. The summed E-state index contributed by atoms with van der Waals surface area (Å²) in [6.45, 7) is 5.07. The highest BCUT2D eigenvalue weighted by Gasteiger charge is 2.41. The quantitative estimate of drug-likeness (QED) is 0.675. The Kier molecular flexibility index (Phi) is 5.95. The molecule has 0 aromatic heterocycles. The zero-order chi connectivity index (χ0) is 21.2. The van der Waals surface area contributed by atoms with E-state index in [1.54, 1.807) is 26.4 Å². The molecule has 3 rings (SSSR count). The normalized spacial score (nSPS) is 19.2. The highest BCUT2D eigenvalue weighted by atomic mass is 19.4. The molecule has 0 N–H and O–H groups in total. The summed E-state index contributed by atoms with van der Waals surface area (Å²) >= 11 is 0. The number of ether oxygens (including phenoxy) is 4. The van der Waals surface area contributed by atoms with E-state index in [9.17, 15) is 13.2 Å². The van der Waals surface area contributed by atoms with Crippen LogP contribution < -0.4 is 14.2 Å². The van der Waals surface area contributed by atoms with Crippen molar-refractivity contribution in [1.82, 2.24) is 4.90 Å². The van der Waals surface area contributed by atoms with E-state index < -0.39 is 18.2 Å². The van der Waals surface area contributed by atoms with Crippen molar-refractivity contribution < 1.29 is 32.1 Å². The molecule has 1 aliphatic rings. The number of methoxy groups -OCH3 is 2. The second-order valence-corrected chi connectivity index (χ2v) is 7.40. The van der Waals surface area contributed by atoms with Crippen molar-refractivity contribution in [3.8, 4) is 17.2 Å². The van der Waals surface area contributed by atoms with Gasteiger partial charge in [-0.15, -0.1) is 13.2 Å². The predicted octanol–water partition coefficient (Wildman–Crippen LogP) is 4.91. The molecule has 158 valence electrons. The molecule has 5 nitrogen and oxygen atoms in total. The van der Waals surface area contributed by atoms with Gasteiger partial charge in [0.15, 0.2) is 0 Å². The largest absolute Gasteiger partial charge is 0.573 e. The Balaban J connectivity index is 1.86. The second-order valence-electron chi connectivity index (χ2n) is 7.40. The molecule has 1 unspecified atom stereocenters. The molecule has 2 aromatic carbocycles. The van der Waals surface area contributed by atoms with Crippen LogP contribution in [-0.4, -0.2) is 37.6 Å². The summed E-state index contributed by atoms with van der Waals surface area (Å²) < 4.78 is 58.4. The molecule has 2 aromatic rings. The molecule has 8 heteroatoms. The molecular formula is C21H24F3NO4. The van der Waals surface area contributed by atoms with Crippen LogP contribution in [0.2, 0.25) is 0 Å². The topological polar surface area (TPSA) is 40.2 Å². The minimum atomic E-state index is -4.71. The number of hydrogen-bond acceptors (Lipinski definition) is 5. The molecule has 29 heavy (non-hydrogen) atoms. The molecule has 0 spiro atoms. The Bertz CT molecular complexity index is 815. The molecule has 1 aliphatic heterocycles. The first-order valence-corrected chi connectivity index (χ1v) is 9.09. The molecule has 0 amide bonds. The van der Waals surface area contributed by atoms with Gasteiger partial charge in [-0.1, -0.05) is 18.2 Å². The summed E-state index contributed by atoms with van der Waals surface area (Å²) in [5.74, 6) is 1.04. The summed E-state index contributed by atoms with van der Waals surface area (Å²) in [4.78, 5) is 2.10. The van der Waals surface area contributed by atoms with E-state index in [-0.39, 0.29) is 5.75 Å². The van der Waals surface area contributed by atoms with Crippen molar-refractivity contribution in [2.45, 2.75) is 38.6 Å². The zero-order valence-electron chi connectivity index (χ0n) is 16.7. The lowest BCUT2D eigenvalue weighted by Crippen LogP contribution is -2.28. The third-order valence-electron chi connectivity index (χ3n) is 4.60. The maximum Gasteiger partial charge on any atom is 0.573 e. The van der Waals surface area contributed by atoms with Gasteiger partial charge < -0.3 is 18.9 Å². The van der Waals surface area contributed by atoms with Gasteiger partial charge in [0.05, 0.1) is 25.4 Å². The molecule has 0 aliphatic carbocycles. The van der Waals surface area contributed by atoms with E-state index in [1.807, 2.05) is 32.0 Å². The highest BCUT2D eigenvalue weighted by Crippen LogP contribution is 2.44. The van der Waals surface area contributed by atoms with Crippen LogP contribution in [-0.2, 0) is 11.3 Å². The second kappa shape index (κ2) is 8.12. The van der Waals surface area contributed by atoms with Crippen molar-refractivity contribution in [3.05, 3.63) is 53.6 Å². The van der Waals surface area contributed by atoms with E-state index in [2.05, 4.69) is 9.64 Å². The fraction of sp³-hybridized carbons (Fsp3) is 0.429. The van der Waals surface area contributed by atoms with Crippen LogP contribution in [0.4, 0.5) is 13.2 Å². The predicted molar refractivity (Wildman–Crippen MR) is 101 cm³/mol. The van der Waals surface area contributed by atoms with E-state index in [0.29, 0.717) is 24.6 Å². The highest BCUT2D eigenvalue weighted by molar-refractivity contribution is 5.46. The van der Waals surface area contributed by atoms with Crippen molar-refractivity contribution in [1.29, 1.82) is 0 Å². The lowest BCUT2D eigenvalue weighted by Gasteiger charge is -2.26. The maximum absolute atomic E-state index is 12.4. The van der Waals surface area contributed by atoms with E-state index in [1.165, 1.54) is 12.1 Å².